The number of amides is 2. The largest absolute Gasteiger partial charge is 0.395 e. The lowest BCUT2D eigenvalue weighted by molar-refractivity contribution is -0.211. The first kappa shape index (κ1) is 28.7. The Morgan fingerprint density at radius 2 is 0.800 bits per heavy atom. The molecule has 0 atom stereocenters. The number of halogens is 4. The van der Waals surface area contributed by atoms with Gasteiger partial charge in [0.1, 0.15) is 0 Å². The van der Waals surface area contributed by atoms with Crippen molar-refractivity contribution in [1.82, 2.24) is 10.6 Å². The molecule has 0 saturated heterocycles. The number of unbranched alkanes of at least 4 members (excludes halogenated alkanes) is 12. The molecule has 0 aliphatic heterocycles. The molecule has 0 aliphatic carbocycles. The molecule has 0 bridgehead atoms. The molecule has 0 spiro atoms. The second-order valence-electron chi connectivity index (χ2n) is 7.90. The highest BCUT2D eigenvalue weighted by Gasteiger charge is 2.66. The monoisotopic (exact) mass is 440 g/mol. The first-order chi connectivity index (χ1) is 14.2. The number of hydrogen-bond acceptors (Lipinski definition) is 2. The van der Waals surface area contributed by atoms with Crippen molar-refractivity contribution >= 4 is 11.8 Å². The van der Waals surface area contributed by atoms with Crippen molar-refractivity contribution < 1.29 is 27.2 Å². The predicted molar refractivity (Wildman–Crippen MR) is 112 cm³/mol. The summed E-state index contributed by atoms with van der Waals surface area (Å²) in [5, 5.41) is 3.68. The van der Waals surface area contributed by atoms with Gasteiger partial charge in [-0.3, -0.25) is 9.59 Å². The summed E-state index contributed by atoms with van der Waals surface area (Å²) in [6.45, 7) is 3.97. The van der Waals surface area contributed by atoms with Crippen molar-refractivity contribution in [3.63, 3.8) is 0 Å². The molecular formula is C22H40F4N2O2. The van der Waals surface area contributed by atoms with Gasteiger partial charge in [-0.25, -0.2) is 0 Å². The maximum absolute atomic E-state index is 13.9. The van der Waals surface area contributed by atoms with Crippen molar-refractivity contribution in [3.05, 3.63) is 0 Å². The van der Waals surface area contributed by atoms with Crippen LogP contribution in [0, 0.1) is 0 Å². The van der Waals surface area contributed by atoms with Gasteiger partial charge in [0.05, 0.1) is 0 Å². The Labute approximate surface area is 178 Å². The fourth-order valence-corrected chi connectivity index (χ4v) is 3.08. The second-order valence-corrected chi connectivity index (χ2v) is 7.90. The van der Waals surface area contributed by atoms with Gasteiger partial charge in [0.2, 0.25) is 0 Å². The van der Waals surface area contributed by atoms with E-state index < -0.39 is 23.7 Å². The van der Waals surface area contributed by atoms with Crippen LogP contribution in [0.15, 0.2) is 0 Å². The zero-order valence-corrected chi connectivity index (χ0v) is 18.6. The molecule has 0 aromatic carbocycles. The van der Waals surface area contributed by atoms with Gasteiger partial charge in [0.25, 0.3) is 11.8 Å². The number of carbonyl (C=O) groups is 2. The van der Waals surface area contributed by atoms with Crippen molar-refractivity contribution in [2.75, 3.05) is 13.1 Å². The van der Waals surface area contributed by atoms with Gasteiger partial charge in [0.15, 0.2) is 0 Å². The van der Waals surface area contributed by atoms with Crippen LogP contribution in [0.2, 0.25) is 0 Å². The zero-order valence-electron chi connectivity index (χ0n) is 18.6. The third kappa shape index (κ3) is 11.2. The van der Waals surface area contributed by atoms with E-state index in [0.717, 1.165) is 77.0 Å². The van der Waals surface area contributed by atoms with Gasteiger partial charge in [0, 0.05) is 13.1 Å². The van der Waals surface area contributed by atoms with Crippen LogP contribution in [-0.2, 0) is 9.59 Å². The molecule has 0 aromatic heterocycles. The van der Waals surface area contributed by atoms with E-state index in [2.05, 4.69) is 13.8 Å². The molecule has 0 radical (unpaired) electrons. The third-order valence-electron chi connectivity index (χ3n) is 5.10. The lowest BCUT2D eigenvalue weighted by Crippen LogP contribution is -2.59. The Bertz CT molecular complexity index is 432. The molecule has 178 valence electrons. The SMILES string of the molecule is CCCCCCCCCNC(=O)C(F)(F)C(F)(F)C(=O)NCCCCCCCCC. The fraction of sp³-hybridized carbons (Fsp3) is 0.909. The average molecular weight is 441 g/mol. The molecule has 2 amide bonds. The molecule has 0 aliphatic rings. The van der Waals surface area contributed by atoms with E-state index in [1.165, 1.54) is 0 Å². The van der Waals surface area contributed by atoms with Gasteiger partial charge in [-0.2, -0.15) is 17.6 Å². The number of carbonyl (C=O) groups excluding carboxylic acids is 2. The highest BCUT2D eigenvalue weighted by Crippen LogP contribution is 2.34. The van der Waals surface area contributed by atoms with E-state index in [4.69, 9.17) is 0 Å². The number of nitrogens with one attached hydrogen (secondary N) is 2. The van der Waals surface area contributed by atoms with E-state index >= 15 is 0 Å². The highest BCUT2D eigenvalue weighted by atomic mass is 19.3. The summed E-state index contributed by atoms with van der Waals surface area (Å²) in [6, 6.07) is 0. The van der Waals surface area contributed by atoms with Crippen molar-refractivity contribution in [2.24, 2.45) is 0 Å². The lowest BCUT2D eigenvalue weighted by atomic mass is 10.1. The fourth-order valence-electron chi connectivity index (χ4n) is 3.08. The summed E-state index contributed by atoms with van der Waals surface area (Å²) in [4.78, 5) is 23.1. The zero-order chi connectivity index (χ0) is 22.9. The van der Waals surface area contributed by atoms with Crippen LogP contribution in [0.25, 0.3) is 0 Å². The Morgan fingerprint density at radius 3 is 1.10 bits per heavy atom. The van der Waals surface area contributed by atoms with Gasteiger partial charge >= 0.3 is 11.8 Å². The minimum atomic E-state index is -5.08. The van der Waals surface area contributed by atoms with Crippen molar-refractivity contribution in [3.8, 4) is 0 Å². The third-order valence-corrected chi connectivity index (χ3v) is 5.10. The minimum Gasteiger partial charge on any atom is -0.351 e. The molecule has 8 heteroatoms. The lowest BCUT2D eigenvalue weighted by Gasteiger charge is -2.24. The molecule has 0 unspecified atom stereocenters. The molecule has 0 saturated carbocycles. The van der Waals surface area contributed by atoms with Crippen LogP contribution in [0.1, 0.15) is 104 Å². The first-order valence-corrected chi connectivity index (χ1v) is 11.5. The van der Waals surface area contributed by atoms with Gasteiger partial charge in [-0.15, -0.1) is 0 Å². The number of rotatable bonds is 19. The average Bonchev–Trinajstić information content (AvgIpc) is 2.71. The number of alkyl halides is 4. The normalized spacial score (nSPS) is 12.1. The molecule has 0 fully saturated rings. The van der Waals surface area contributed by atoms with Gasteiger partial charge < -0.3 is 10.6 Å². The second kappa shape index (κ2) is 16.4. The highest BCUT2D eigenvalue weighted by molar-refractivity contribution is 5.95. The van der Waals surface area contributed by atoms with Crippen LogP contribution < -0.4 is 10.6 Å². The quantitative estimate of drug-likeness (QED) is 0.191. The summed E-state index contributed by atoms with van der Waals surface area (Å²) in [5.41, 5.74) is 0. The van der Waals surface area contributed by atoms with Crippen molar-refractivity contribution in [2.45, 2.75) is 116 Å². The molecule has 0 aromatic rings. The predicted octanol–water partition coefficient (Wildman–Crippen LogP) is 5.99. The van der Waals surface area contributed by atoms with Crippen LogP contribution in [0.4, 0.5) is 17.6 Å². The minimum absolute atomic E-state index is 0.113. The first-order valence-electron chi connectivity index (χ1n) is 11.5. The molecule has 4 nitrogen and oxygen atoms in total. The molecule has 0 rings (SSSR count). The standard InChI is InChI=1S/C22H40F4N2O2/c1-3-5-7-9-11-13-15-17-27-19(29)21(23,24)22(25,26)20(30)28-18-16-14-12-10-8-6-4-2/h3-18H2,1-2H3,(H,27,29)(H,28,30). The Morgan fingerprint density at radius 1 is 0.533 bits per heavy atom. The summed E-state index contributed by atoms with van der Waals surface area (Å²) < 4.78 is 55.5. The maximum atomic E-state index is 13.9. The van der Waals surface area contributed by atoms with E-state index in [9.17, 15) is 27.2 Å². The summed E-state index contributed by atoms with van der Waals surface area (Å²) in [6.07, 6.45) is 12.9. The van der Waals surface area contributed by atoms with Crippen LogP contribution in [0.5, 0.6) is 0 Å². The van der Waals surface area contributed by atoms with E-state index in [1.54, 1.807) is 0 Å². The molecular weight excluding hydrogens is 400 g/mol. The Kier molecular flexibility index (Phi) is 15.6. The maximum Gasteiger partial charge on any atom is 0.395 e. The number of hydrogen-bond donors (Lipinski definition) is 2. The van der Waals surface area contributed by atoms with Crippen LogP contribution in [-0.4, -0.2) is 36.7 Å². The van der Waals surface area contributed by atoms with Gasteiger partial charge in [-0.05, 0) is 12.8 Å². The van der Waals surface area contributed by atoms with Crippen molar-refractivity contribution in [1.29, 1.82) is 0 Å². The topological polar surface area (TPSA) is 58.2 Å². The van der Waals surface area contributed by atoms with Gasteiger partial charge in [-0.1, -0.05) is 90.9 Å². The Balaban J connectivity index is 4.16. The van der Waals surface area contributed by atoms with Crippen LogP contribution >= 0.6 is 0 Å². The van der Waals surface area contributed by atoms with Crippen LogP contribution in [0.3, 0.4) is 0 Å². The Hall–Kier alpha value is -1.34. The summed E-state index contributed by atoms with van der Waals surface area (Å²) in [5.74, 6) is -14.4. The van der Waals surface area contributed by atoms with E-state index in [-0.39, 0.29) is 13.1 Å². The van der Waals surface area contributed by atoms with E-state index in [1.807, 2.05) is 10.6 Å². The van der Waals surface area contributed by atoms with E-state index in [0.29, 0.717) is 12.8 Å². The molecule has 2 N–H and O–H groups in total. The molecule has 0 heterocycles. The molecule has 30 heavy (non-hydrogen) atoms. The summed E-state index contributed by atoms with van der Waals surface area (Å²) >= 11 is 0. The summed E-state index contributed by atoms with van der Waals surface area (Å²) in [7, 11) is 0. The smallest absolute Gasteiger partial charge is 0.351 e.